The fourth-order valence-electron chi connectivity index (χ4n) is 3.45. The Balaban J connectivity index is 1.45. The van der Waals surface area contributed by atoms with Gasteiger partial charge in [0, 0.05) is 28.7 Å². The molecule has 112 valence electrons. The molecule has 1 saturated heterocycles. The molecule has 2 nitrogen and oxygen atoms in total. The van der Waals surface area contributed by atoms with Crippen LogP contribution in [0.25, 0.3) is 10.1 Å². The number of hydrogen-bond acceptors (Lipinski definition) is 3. The van der Waals surface area contributed by atoms with Crippen molar-refractivity contribution in [3.05, 3.63) is 65.3 Å². The highest BCUT2D eigenvalue weighted by molar-refractivity contribution is 7.17. The van der Waals surface area contributed by atoms with Crippen molar-refractivity contribution in [3.63, 3.8) is 0 Å². The summed E-state index contributed by atoms with van der Waals surface area (Å²) >= 11 is 1.82. The van der Waals surface area contributed by atoms with Crippen LogP contribution in [-0.4, -0.2) is 23.0 Å². The second-order valence-corrected chi connectivity index (χ2v) is 7.01. The maximum Gasteiger partial charge on any atom is 0.0522 e. The van der Waals surface area contributed by atoms with Crippen molar-refractivity contribution in [3.8, 4) is 0 Å². The van der Waals surface area contributed by atoms with Crippen molar-refractivity contribution >= 4 is 21.4 Å². The highest BCUT2D eigenvalue weighted by Gasteiger charge is 2.23. The van der Waals surface area contributed by atoms with E-state index >= 15 is 0 Å². The molecule has 0 aliphatic carbocycles. The van der Waals surface area contributed by atoms with Crippen LogP contribution < -0.4 is 0 Å². The van der Waals surface area contributed by atoms with Crippen LogP contribution in [0.3, 0.4) is 0 Å². The fourth-order valence-corrected chi connectivity index (χ4v) is 4.24. The van der Waals surface area contributed by atoms with Crippen LogP contribution >= 0.6 is 11.3 Å². The lowest BCUT2D eigenvalue weighted by Crippen LogP contribution is -2.32. The molecule has 0 radical (unpaired) electrons. The van der Waals surface area contributed by atoms with Crippen molar-refractivity contribution in [2.45, 2.75) is 25.3 Å². The maximum absolute atomic E-state index is 4.70. The van der Waals surface area contributed by atoms with Crippen LogP contribution in [0.4, 0.5) is 0 Å². The minimum absolute atomic E-state index is 0.616. The van der Waals surface area contributed by atoms with E-state index in [2.05, 4.69) is 52.7 Å². The second kappa shape index (κ2) is 6.19. The monoisotopic (exact) mass is 308 g/mol. The molecule has 1 fully saturated rings. The molecule has 1 aliphatic rings. The summed E-state index contributed by atoms with van der Waals surface area (Å²) in [5.74, 6) is 0.616. The van der Waals surface area contributed by atoms with Gasteiger partial charge in [-0.25, -0.2) is 0 Å². The number of rotatable bonds is 3. The molecule has 0 bridgehead atoms. The first-order valence-electron chi connectivity index (χ1n) is 7.98. The molecule has 1 aromatic carbocycles. The molecule has 2 aromatic heterocycles. The Morgan fingerprint density at radius 3 is 2.68 bits per heavy atom. The minimum atomic E-state index is 0.616. The van der Waals surface area contributed by atoms with Gasteiger partial charge in [-0.2, -0.15) is 0 Å². The summed E-state index contributed by atoms with van der Waals surface area (Å²) < 4.78 is 1.37. The van der Waals surface area contributed by atoms with Gasteiger partial charge in [-0.3, -0.25) is 9.88 Å². The molecule has 3 heterocycles. The molecule has 22 heavy (non-hydrogen) atoms. The average Bonchev–Trinajstić information content (AvgIpc) is 3.05. The Morgan fingerprint density at radius 2 is 1.86 bits per heavy atom. The van der Waals surface area contributed by atoms with Gasteiger partial charge in [0.1, 0.15) is 0 Å². The first-order chi connectivity index (χ1) is 10.9. The number of thiophene rings is 1. The van der Waals surface area contributed by atoms with E-state index < -0.39 is 0 Å². The summed E-state index contributed by atoms with van der Waals surface area (Å²) in [4.78, 5) is 7.27. The zero-order valence-electron chi connectivity index (χ0n) is 12.6. The number of likely N-dealkylation sites (tertiary alicyclic amines) is 1. The molecular formula is C19H20N2S. The highest BCUT2D eigenvalue weighted by Crippen LogP contribution is 2.33. The summed E-state index contributed by atoms with van der Waals surface area (Å²) in [7, 11) is 0. The van der Waals surface area contributed by atoms with Crippen LogP contribution in [0.1, 0.15) is 30.0 Å². The highest BCUT2D eigenvalue weighted by atomic mass is 32.1. The summed E-state index contributed by atoms with van der Waals surface area (Å²) in [5.41, 5.74) is 2.73. The molecular weight excluding hydrogens is 288 g/mol. The summed E-state index contributed by atoms with van der Waals surface area (Å²) in [6.45, 7) is 3.41. The smallest absolute Gasteiger partial charge is 0.0522 e. The number of fused-ring (bicyclic) bond motifs is 1. The van der Waals surface area contributed by atoms with E-state index in [-0.39, 0.29) is 0 Å². The number of benzene rings is 1. The first-order valence-corrected chi connectivity index (χ1v) is 8.86. The standard InChI is InChI=1S/C19H20N2S/c1-2-4-15(5-3-1)14-21-11-7-16(8-12-21)19-17-9-13-22-18(17)6-10-20-19/h1-6,9-10,13,16H,7-8,11-12,14H2. The van der Waals surface area contributed by atoms with Gasteiger partial charge in [-0.15, -0.1) is 11.3 Å². The van der Waals surface area contributed by atoms with Gasteiger partial charge in [-0.1, -0.05) is 30.3 Å². The fraction of sp³-hybridized carbons (Fsp3) is 0.316. The van der Waals surface area contributed by atoms with Crippen molar-refractivity contribution < 1.29 is 0 Å². The quantitative estimate of drug-likeness (QED) is 0.698. The molecule has 0 saturated carbocycles. The topological polar surface area (TPSA) is 16.1 Å². The summed E-state index contributed by atoms with van der Waals surface area (Å²) in [6.07, 6.45) is 4.41. The predicted molar refractivity (Wildman–Crippen MR) is 93.3 cm³/mol. The van der Waals surface area contributed by atoms with Gasteiger partial charge in [0.2, 0.25) is 0 Å². The van der Waals surface area contributed by atoms with Crippen LogP contribution in [0, 0.1) is 0 Å². The van der Waals surface area contributed by atoms with E-state index in [4.69, 9.17) is 4.98 Å². The van der Waals surface area contributed by atoms with E-state index in [9.17, 15) is 0 Å². The van der Waals surface area contributed by atoms with Crippen LogP contribution in [0.2, 0.25) is 0 Å². The van der Waals surface area contributed by atoms with Crippen LogP contribution in [0.5, 0.6) is 0 Å². The number of nitrogens with zero attached hydrogens (tertiary/aromatic N) is 2. The van der Waals surface area contributed by atoms with Crippen molar-refractivity contribution in [2.75, 3.05) is 13.1 Å². The molecule has 1 aliphatic heterocycles. The Morgan fingerprint density at radius 1 is 1.05 bits per heavy atom. The molecule has 0 atom stereocenters. The number of hydrogen-bond donors (Lipinski definition) is 0. The summed E-state index contributed by atoms with van der Waals surface area (Å²) in [5, 5.41) is 3.55. The second-order valence-electron chi connectivity index (χ2n) is 6.06. The molecule has 4 rings (SSSR count). The Hall–Kier alpha value is -1.71. The number of pyridine rings is 1. The third-order valence-corrected chi connectivity index (χ3v) is 5.52. The van der Waals surface area contributed by atoms with E-state index in [1.165, 1.54) is 47.3 Å². The normalized spacial score (nSPS) is 17.1. The van der Waals surface area contributed by atoms with Gasteiger partial charge in [0.15, 0.2) is 0 Å². The Bertz CT molecular complexity index is 742. The van der Waals surface area contributed by atoms with Gasteiger partial charge < -0.3 is 0 Å². The Labute approximate surface area is 135 Å². The Kier molecular flexibility index (Phi) is 3.92. The molecule has 0 amide bonds. The minimum Gasteiger partial charge on any atom is -0.299 e. The van der Waals surface area contributed by atoms with Crippen LogP contribution in [0.15, 0.2) is 54.0 Å². The molecule has 3 aromatic rings. The lowest BCUT2D eigenvalue weighted by molar-refractivity contribution is 0.204. The van der Waals surface area contributed by atoms with Gasteiger partial charge in [0.25, 0.3) is 0 Å². The van der Waals surface area contributed by atoms with Gasteiger partial charge >= 0.3 is 0 Å². The van der Waals surface area contributed by atoms with E-state index in [1.54, 1.807) is 0 Å². The molecule has 3 heteroatoms. The third kappa shape index (κ3) is 2.79. The third-order valence-electron chi connectivity index (χ3n) is 4.63. The lowest BCUT2D eigenvalue weighted by atomic mass is 9.91. The van der Waals surface area contributed by atoms with Crippen molar-refractivity contribution in [1.29, 1.82) is 0 Å². The lowest BCUT2D eigenvalue weighted by Gasteiger charge is -2.32. The summed E-state index contributed by atoms with van der Waals surface area (Å²) in [6, 6.07) is 15.2. The average molecular weight is 308 g/mol. The van der Waals surface area contributed by atoms with E-state index in [0.717, 1.165) is 6.54 Å². The SMILES string of the molecule is c1ccc(CN2CCC(c3nccc4sccc34)CC2)cc1. The van der Waals surface area contributed by atoms with Gasteiger partial charge in [0.05, 0.1) is 5.69 Å². The number of aromatic nitrogens is 1. The van der Waals surface area contributed by atoms with Crippen LogP contribution in [-0.2, 0) is 6.54 Å². The van der Waals surface area contributed by atoms with E-state index in [1.807, 2.05) is 17.5 Å². The molecule has 0 spiro atoms. The predicted octanol–water partition coefficient (Wildman–Crippen LogP) is 4.68. The first kappa shape index (κ1) is 13.9. The maximum atomic E-state index is 4.70. The largest absolute Gasteiger partial charge is 0.299 e. The zero-order chi connectivity index (χ0) is 14.8. The molecule has 0 unspecified atom stereocenters. The van der Waals surface area contributed by atoms with Crippen molar-refractivity contribution in [1.82, 2.24) is 9.88 Å². The zero-order valence-corrected chi connectivity index (χ0v) is 13.4. The van der Waals surface area contributed by atoms with Gasteiger partial charge in [-0.05, 0) is 49.0 Å². The number of piperidine rings is 1. The van der Waals surface area contributed by atoms with Crippen molar-refractivity contribution in [2.24, 2.45) is 0 Å². The van der Waals surface area contributed by atoms with E-state index in [0.29, 0.717) is 5.92 Å². The molecule has 0 N–H and O–H groups in total.